The highest BCUT2D eigenvalue weighted by molar-refractivity contribution is 5.73. The van der Waals surface area contributed by atoms with Gasteiger partial charge in [0.05, 0.1) is 0 Å². The lowest BCUT2D eigenvalue weighted by Gasteiger charge is -2.16. The maximum atomic E-state index is 11.4. The van der Waals surface area contributed by atoms with Gasteiger partial charge in [0.1, 0.15) is 5.75 Å². The van der Waals surface area contributed by atoms with Crippen molar-refractivity contribution in [1.29, 1.82) is 0 Å². The van der Waals surface area contributed by atoms with Gasteiger partial charge in [0.2, 0.25) is 0 Å². The highest BCUT2D eigenvalue weighted by Crippen LogP contribution is 2.17. The summed E-state index contributed by atoms with van der Waals surface area (Å²) in [6.07, 6.45) is -0.520. The first-order valence-corrected chi connectivity index (χ1v) is 6.57. The smallest absolute Gasteiger partial charge is 0.345 e. The minimum atomic E-state index is -0.949. The highest BCUT2D eigenvalue weighted by Gasteiger charge is 2.20. The number of rotatable bonds is 5. The van der Waals surface area contributed by atoms with E-state index < -0.39 is 12.1 Å². The summed E-state index contributed by atoms with van der Waals surface area (Å²) in [4.78, 5) is 11.4. The molecule has 1 N–H and O–H groups in total. The van der Waals surface area contributed by atoms with Crippen LogP contribution in [0.4, 0.5) is 0 Å². The molecular weight excluding hydrogens is 252 g/mol. The number of ether oxygens (including phenoxy) is 1. The minimum absolute atomic E-state index is 0.357. The molecule has 0 fully saturated rings. The Morgan fingerprint density at radius 1 is 1.15 bits per heavy atom. The topological polar surface area (TPSA) is 46.5 Å². The first-order valence-electron chi connectivity index (χ1n) is 6.57. The van der Waals surface area contributed by atoms with Crippen molar-refractivity contribution in [3.05, 3.63) is 65.2 Å². The molecule has 0 radical (unpaired) electrons. The van der Waals surface area contributed by atoms with Crippen molar-refractivity contribution >= 4 is 5.97 Å². The molecule has 0 aliphatic carbocycles. The van der Waals surface area contributed by atoms with Gasteiger partial charge < -0.3 is 9.84 Å². The van der Waals surface area contributed by atoms with E-state index in [1.54, 1.807) is 6.07 Å². The molecule has 0 heterocycles. The van der Waals surface area contributed by atoms with Crippen LogP contribution in [0.5, 0.6) is 5.75 Å². The lowest BCUT2D eigenvalue weighted by Crippen LogP contribution is -2.29. The summed E-state index contributed by atoms with van der Waals surface area (Å²) < 4.78 is 5.62. The average Bonchev–Trinajstić information content (AvgIpc) is 2.40. The second kappa shape index (κ2) is 6.24. The molecule has 2 rings (SSSR count). The van der Waals surface area contributed by atoms with E-state index in [1.807, 2.05) is 56.3 Å². The molecule has 0 aliphatic heterocycles. The molecule has 2 aromatic carbocycles. The van der Waals surface area contributed by atoms with Crippen LogP contribution in [0.3, 0.4) is 0 Å². The average molecular weight is 270 g/mol. The number of aliphatic carboxylic acids is 1. The van der Waals surface area contributed by atoms with Crippen molar-refractivity contribution in [3.8, 4) is 5.75 Å². The van der Waals surface area contributed by atoms with Crippen LogP contribution in [0.15, 0.2) is 48.5 Å². The standard InChI is InChI=1S/C17H18O3/c1-12-6-5-9-15(10-12)20-16(17(18)19)11-14-8-4-3-7-13(14)2/h3-10,16H,11H2,1-2H3,(H,18,19). The molecule has 1 atom stereocenters. The maximum absolute atomic E-state index is 11.4. The van der Waals surface area contributed by atoms with Gasteiger partial charge in [-0.05, 0) is 42.7 Å². The first kappa shape index (κ1) is 14.1. The van der Waals surface area contributed by atoms with Crippen LogP contribution in [-0.2, 0) is 11.2 Å². The van der Waals surface area contributed by atoms with E-state index in [0.29, 0.717) is 12.2 Å². The Labute approximate surface area is 118 Å². The number of carbonyl (C=O) groups is 1. The molecule has 0 saturated heterocycles. The Morgan fingerprint density at radius 2 is 1.90 bits per heavy atom. The summed E-state index contributed by atoms with van der Waals surface area (Å²) in [5.41, 5.74) is 3.11. The van der Waals surface area contributed by atoms with Gasteiger partial charge >= 0.3 is 5.97 Å². The summed E-state index contributed by atoms with van der Waals surface area (Å²) in [5, 5.41) is 9.33. The van der Waals surface area contributed by atoms with Crippen LogP contribution in [0.1, 0.15) is 16.7 Å². The molecule has 0 aromatic heterocycles. The number of aryl methyl sites for hydroxylation is 2. The quantitative estimate of drug-likeness (QED) is 0.906. The van der Waals surface area contributed by atoms with E-state index in [1.165, 1.54) is 0 Å². The lowest BCUT2D eigenvalue weighted by atomic mass is 10.0. The third-order valence-electron chi connectivity index (χ3n) is 3.21. The van der Waals surface area contributed by atoms with Crippen LogP contribution in [0.2, 0.25) is 0 Å². The van der Waals surface area contributed by atoms with Crippen LogP contribution in [-0.4, -0.2) is 17.2 Å². The van der Waals surface area contributed by atoms with Gasteiger partial charge in [-0.1, -0.05) is 36.4 Å². The monoisotopic (exact) mass is 270 g/mol. The van der Waals surface area contributed by atoms with Gasteiger partial charge in [0.25, 0.3) is 0 Å². The number of carboxylic acid groups (broad SMARTS) is 1. The van der Waals surface area contributed by atoms with Gasteiger partial charge in [-0.2, -0.15) is 0 Å². The number of hydrogen-bond donors (Lipinski definition) is 1. The second-order valence-corrected chi connectivity index (χ2v) is 4.89. The van der Waals surface area contributed by atoms with Crippen LogP contribution >= 0.6 is 0 Å². The normalized spacial score (nSPS) is 11.9. The summed E-state index contributed by atoms with van der Waals surface area (Å²) in [5.74, 6) is -0.360. The van der Waals surface area contributed by atoms with Crippen molar-refractivity contribution < 1.29 is 14.6 Å². The minimum Gasteiger partial charge on any atom is -0.478 e. The molecule has 20 heavy (non-hydrogen) atoms. The fraction of sp³-hybridized carbons (Fsp3) is 0.235. The van der Waals surface area contributed by atoms with Crippen LogP contribution in [0, 0.1) is 13.8 Å². The van der Waals surface area contributed by atoms with E-state index in [0.717, 1.165) is 16.7 Å². The highest BCUT2D eigenvalue weighted by atomic mass is 16.5. The summed E-state index contributed by atoms with van der Waals surface area (Å²) in [7, 11) is 0. The van der Waals surface area contributed by atoms with Gasteiger partial charge in [0.15, 0.2) is 6.10 Å². The Kier molecular flexibility index (Phi) is 4.41. The largest absolute Gasteiger partial charge is 0.478 e. The molecule has 0 amide bonds. The fourth-order valence-corrected chi connectivity index (χ4v) is 2.07. The van der Waals surface area contributed by atoms with E-state index in [-0.39, 0.29) is 0 Å². The molecular formula is C17H18O3. The fourth-order valence-electron chi connectivity index (χ4n) is 2.07. The second-order valence-electron chi connectivity index (χ2n) is 4.89. The molecule has 3 nitrogen and oxygen atoms in total. The third kappa shape index (κ3) is 3.60. The Hall–Kier alpha value is -2.29. The lowest BCUT2D eigenvalue weighted by molar-refractivity contribution is -0.145. The first-order chi connectivity index (χ1) is 9.56. The zero-order valence-electron chi connectivity index (χ0n) is 11.7. The molecule has 104 valence electrons. The zero-order chi connectivity index (χ0) is 14.5. The molecule has 0 spiro atoms. The number of hydrogen-bond acceptors (Lipinski definition) is 2. The summed E-state index contributed by atoms with van der Waals surface area (Å²) >= 11 is 0. The Balaban J connectivity index is 2.16. The van der Waals surface area contributed by atoms with Gasteiger partial charge in [0, 0.05) is 6.42 Å². The number of carboxylic acids is 1. The molecule has 0 bridgehead atoms. The van der Waals surface area contributed by atoms with Crippen molar-refractivity contribution in [2.24, 2.45) is 0 Å². The van der Waals surface area contributed by atoms with Gasteiger partial charge in [-0.3, -0.25) is 0 Å². The van der Waals surface area contributed by atoms with Gasteiger partial charge in [-0.25, -0.2) is 4.79 Å². The predicted octanol–water partition coefficient (Wildman–Crippen LogP) is 3.38. The van der Waals surface area contributed by atoms with E-state index >= 15 is 0 Å². The summed E-state index contributed by atoms with van der Waals surface area (Å²) in [6, 6.07) is 15.2. The predicted molar refractivity (Wildman–Crippen MR) is 78.1 cm³/mol. The SMILES string of the molecule is Cc1cccc(OC(Cc2ccccc2C)C(=O)O)c1. The van der Waals surface area contributed by atoms with E-state index in [9.17, 15) is 9.90 Å². The van der Waals surface area contributed by atoms with Crippen LogP contribution in [0.25, 0.3) is 0 Å². The molecule has 0 saturated carbocycles. The van der Waals surface area contributed by atoms with Crippen molar-refractivity contribution in [2.75, 3.05) is 0 Å². The molecule has 2 aromatic rings. The third-order valence-corrected chi connectivity index (χ3v) is 3.21. The van der Waals surface area contributed by atoms with Crippen LogP contribution < -0.4 is 4.74 Å². The zero-order valence-corrected chi connectivity index (χ0v) is 11.7. The van der Waals surface area contributed by atoms with Crippen molar-refractivity contribution in [2.45, 2.75) is 26.4 Å². The number of benzene rings is 2. The Morgan fingerprint density at radius 3 is 2.55 bits per heavy atom. The van der Waals surface area contributed by atoms with Crippen molar-refractivity contribution in [1.82, 2.24) is 0 Å². The molecule has 1 unspecified atom stereocenters. The van der Waals surface area contributed by atoms with E-state index in [4.69, 9.17) is 4.74 Å². The molecule has 0 aliphatic rings. The summed E-state index contributed by atoms with van der Waals surface area (Å²) in [6.45, 7) is 3.92. The maximum Gasteiger partial charge on any atom is 0.345 e. The van der Waals surface area contributed by atoms with E-state index in [2.05, 4.69) is 0 Å². The van der Waals surface area contributed by atoms with Crippen molar-refractivity contribution in [3.63, 3.8) is 0 Å². The molecule has 3 heteroatoms. The Bertz CT molecular complexity index is 605. The van der Waals surface area contributed by atoms with Gasteiger partial charge in [-0.15, -0.1) is 0 Å².